The van der Waals surface area contributed by atoms with Gasteiger partial charge in [0.15, 0.2) is 5.82 Å². The summed E-state index contributed by atoms with van der Waals surface area (Å²) in [7, 11) is 0. The molecule has 3 rings (SSSR count). The van der Waals surface area contributed by atoms with E-state index in [2.05, 4.69) is 15.6 Å². The molecule has 0 bridgehead atoms. The van der Waals surface area contributed by atoms with Crippen molar-refractivity contribution in [3.05, 3.63) is 60.3 Å². The van der Waals surface area contributed by atoms with Crippen LogP contribution in [0.3, 0.4) is 0 Å². The lowest BCUT2D eigenvalue weighted by Crippen LogP contribution is -2.44. The fourth-order valence-corrected chi connectivity index (χ4v) is 3.59. The lowest BCUT2D eigenvalue weighted by molar-refractivity contribution is -0.121. The molecule has 10 heteroatoms. The molecule has 0 saturated heterocycles. The number of ether oxygens (including phenoxy) is 2. The van der Waals surface area contributed by atoms with Crippen molar-refractivity contribution in [2.45, 2.75) is 72.5 Å². The third kappa shape index (κ3) is 8.79. The van der Waals surface area contributed by atoms with Gasteiger partial charge in [0.2, 0.25) is 11.8 Å². The number of nitrogens with one attached hydrogen (secondary N) is 2. The molecule has 0 atom stereocenters. The molecule has 0 radical (unpaired) electrons. The van der Waals surface area contributed by atoms with Crippen LogP contribution >= 0.6 is 0 Å². The molecule has 40 heavy (non-hydrogen) atoms. The number of pyridine rings is 1. The van der Waals surface area contributed by atoms with E-state index < -0.39 is 23.4 Å². The molecule has 10 nitrogen and oxygen atoms in total. The number of aryl methyl sites for hydroxylation is 1. The van der Waals surface area contributed by atoms with Crippen LogP contribution in [0.15, 0.2) is 54.7 Å². The average molecular weight is 549 g/mol. The van der Waals surface area contributed by atoms with Gasteiger partial charge in [-0.25, -0.2) is 14.6 Å². The second-order valence-corrected chi connectivity index (χ2v) is 11.3. The summed E-state index contributed by atoms with van der Waals surface area (Å²) in [4.78, 5) is 56.0. The van der Waals surface area contributed by atoms with E-state index in [1.54, 1.807) is 77.9 Å². The van der Waals surface area contributed by atoms with Crippen LogP contribution in [-0.4, -0.2) is 40.2 Å². The second kappa shape index (κ2) is 12.1. The van der Waals surface area contributed by atoms with Crippen molar-refractivity contribution in [2.24, 2.45) is 0 Å². The van der Waals surface area contributed by atoms with Gasteiger partial charge < -0.3 is 20.1 Å². The summed E-state index contributed by atoms with van der Waals surface area (Å²) < 4.78 is 10.9. The molecule has 0 aliphatic rings. The van der Waals surface area contributed by atoms with E-state index in [4.69, 9.17) is 9.47 Å². The molecule has 0 spiro atoms. The maximum Gasteiger partial charge on any atom is 0.425 e. The summed E-state index contributed by atoms with van der Waals surface area (Å²) in [5, 5.41) is 6.63. The monoisotopic (exact) mass is 548 g/mol. The van der Waals surface area contributed by atoms with Crippen molar-refractivity contribution in [1.82, 2.24) is 4.98 Å². The van der Waals surface area contributed by atoms with Gasteiger partial charge in [-0.2, -0.15) is 4.90 Å². The first-order chi connectivity index (χ1) is 18.6. The standard InChI is InChI=1S/C30H36N4O6/c1-19-8-10-21(11-9-19)32-24(35)14-15-25(36)33-22-12-13-23-20(18-22)16-17-31-26(23)34(27(37)39-29(2,3)4)28(38)40-30(5,6)7/h8-13,16-18H,14-15H2,1-7H3,(H,32,35)(H,33,36). The van der Waals surface area contributed by atoms with Gasteiger partial charge >= 0.3 is 12.2 Å². The third-order valence-corrected chi connectivity index (χ3v) is 5.31. The second-order valence-electron chi connectivity index (χ2n) is 11.3. The largest absolute Gasteiger partial charge is 0.443 e. The Labute approximate surface area is 234 Å². The molecular weight excluding hydrogens is 512 g/mol. The highest BCUT2D eigenvalue weighted by atomic mass is 16.6. The van der Waals surface area contributed by atoms with Crippen LogP contribution in [-0.2, 0) is 19.1 Å². The van der Waals surface area contributed by atoms with Crippen LogP contribution in [0.25, 0.3) is 10.8 Å². The van der Waals surface area contributed by atoms with Crippen LogP contribution in [0, 0.1) is 6.92 Å². The molecule has 212 valence electrons. The van der Waals surface area contributed by atoms with E-state index in [0.717, 1.165) is 10.5 Å². The van der Waals surface area contributed by atoms with Gasteiger partial charge in [0, 0.05) is 35.8 Å². The van der Waals surface area contributed by atoms with Crippen LogP contribution in [0.2, 0.25) is 0 Å². The highest BCUT2D eigenvalue weighted by Crippen LogP contribution is 2.29. The van der Waals surface area contributed by atoms with Crippen molar-refractivity contribution in [3.63, 3.8) is 0 Å². The number of anilines is 3. The van der Waals surface area contributed by atoms with Crippen LogP contribution in [0.1, 0.15) is 59.9 Å². The highest BCUT2D eigenvalue weighted by molar-refractivity contribution is 6.14. The van der Waals surface area contributed by atoms with E-state index >= 15 is 0 Å². The number of carbonyl (C=O) groups is 4. The smallest absolute Gasteiger partial charge is 0.425 e. The minimum absolute atomic E-state index is 0.0115. The first-order valence-electron chi connectivity index (χ1n) is 12.9. The van der Waals surface area contributed by atoms with Gasteiger partial charge in [0.25, 0.3) is 0 Å². The fraction of sp³-hybridized carbons (Fsp3) is 0.367. The Hall–Kier alpha value is -4.47. The molecular formula is C30H36N4O6. The molecule has 1 heterocycles. The average Bonchev–Trinajstić information content (AvgIpc) is 2.82. The summed E-state index contributed by atoms with van der Waals surface area (Å²) in [5.41, 5.74) is 0.502. The molecule has 0 unspecified atom stereocenters. The molecule has 3 aromatic rings. The summed E-state index contributed by atoms with van der Waals surface area (Å²) in [6.07, 6.45) is -0.406. The van der Waals surface area contributed by atoms with E-state index in [0.29, 0.717) is 22.1 Å². The number of imide groups is 1. The number of nitrogens with zero attached hydrogens (tertiary/aromatic N) is 2. The Morgan fingerprint density at radius 2 is 1.25 bits per heavy atom. The predicted octanol–water partition coefficient (Wildman–Crippen LogP) is 6.58. The van der Waals surface area contributed by atoms with E-state index in [-0.39, 0.29) is 30.5 Å². The van der Waals surface area contributed by atoms with Crippen molar-refractivity contribution in [1.29, 1.82) is 0 Å². The van der Waals surface area contributed by atoms with Crippen LogP contribution in [0.4, 0.5) is 26.8 Å². The summed E-state index contributed by atoms with van der Waals surface area (Å²) >= 11 is 0. The zero-order valence-electron chi connectivity index (χ0n) is 24.0. The molecule has 0 aliphatic heterocycles. The first kappa shape index (κ1) is 30.1. The Kier molecular flexibility index (Phi) is 9.13. The number of aromatic nitrogens is 1. The third-order valence-electron chi connectivity index (χ3n) is 5.31. The summed E-state index contributed by atoms with van der Waals surface area (Å²) in [6, 6.07) is 14.0. The molecule has 4 amide bonds. The Balaban J connectivity index is 1.76. The fourth-order valence-electron chi connectivity index (χ4n) is 3.59. The van der Waals surface area contributed by atoms with Gasteiger partial charge in [-0.05, 0) is 90.3 Å². The summed E-state index contributed by atoms with van der Waals surface area (Å²) in [6.45, 7) is 12.1. The Bertz CT molecular complexity index is 1380. The van der Waals surface area contributed by atoms with Gasteiger partial charge in [0.05, 0.1) is 0 Å². The van der Waals surface area contributed by atoms with E-state index in [1.807, 2.05) is 19.1 Å². The molecule has 1 aromatic heterocycles. The number of benzene rings is 2. The SMILES string of the molecule is Cc1ccc(NC(=O)CCC(=O)Nc2ccc3c(N(C(=O)OC(C)(C)C)C(=O)OC(C)(C)C)nccc3c2)cc1. The molecule has 0 fully saturated rings. The molecule has 2 aromatic carbocycles. The van der Waals surface area contributed by atoms with Crippen molar-refractivity contribution < 1.29 is 28.7 Å². The van der Waals surface area contributed by atoms with Gasteiger partial charge in [0.1, 0.15) is 11.2 Å². The van der Waals surface area contributed by atoms with Crippen molar-refractivity contribution in [3.8, 4) is 0 Å². The lowest BCUT2D eigenvalue weighted by atomic mass is 10.1. The topological polar surface area (TPSA) is 127 Å². The minimum Gasteiger partial charge on any atom is -0.443 e. The lowest BCUT2D eigenvalue weighted by Gasteiger charge is -2.28. The normalized spacial score (nSPS) is 11.5. The number of fused-ring (bicyclic) bond motifs is 1. The van der Waals surface area contributed by atoms with Crippen molar-refractivity contribution in [2.75, 3.05) is 15.5 Å². The number of hydrogen-bond acceptors (Lipinski definition) is 7. The number of hydrogen-bond donors (Lipinski definition) is 2. The van der Waals surface area contributed by atoms with Crippen LogP contribution < -0.4 is 15.5 Å². The van der Waals surface area contributed by atoms with Gasteiger partial charge in [-0.3, -0.25) is 9.59 Å². The molecule has 2 N–H and O–H groups in total. The Morgan fingerprint density at radius 1 is 0.750 bits per heavy atom. The van der Waals surface area contributed by atoms with Gasteiger partial charge in [-0.15, -0.1) is 0 Å². The predicted molar refractivity (Wildman–Crippen MR) is 154 cm³/mol. The van der Waals surface area contributed by atoms with E-state index in [1.165, 1.54) is 6.20 Å². The molecule has 0 saturated carbocycles. The highest BCUT2D eigenvalue weighted by Gasteiger charge is 2.34. The quantitative estimate of drug-likeness (QED) is 0.356. The van der Waals surface area contributed by atoms with Gasteiger partial charge in [-0.1, -0.05) is 17.7 Å². The van der Waals surface area contributed by atoms with Crippen molar-refractivity contribution >= 4 is 52.0 Å². The zero-order valence-corrected chi connectivity index (χ0v) is 24.0. The Morgan fingerprint density at radius 3 is 1.77 bits per heavy atom. The summed E-state index contributed by atoms with van der Waals surface area (Å²) in [5.74, 6) is -0.568. The minimum atomic E-state index is -0.928. The maximum absolute atomic E-state index is 13.1. The number of carbonyl (C=O) groups excluding carboxylic acids is 4. The number of amides is 4. The molecule has 0 aliphatic carbocycles. The maximum atomic E-state index is 13.1. The zero-order chi connectivity index (χ0) is 29.7. The van der Waals surface area contributed by atoms with E-state index in [9.17, 15) is 19.2 Å². The number of rotatable bonds is 6. The first-order valence-corrected chi connectivity index (χ1v) is 12.9. The van der Waals surface area contributed by atoms with Crippen LogP contribution in [0.5, 0.6) is 0 Å².